The van der Waals surface area contributed by atoms with Crippen LogP contribution >= 0.6 is 0 Å². The van der Waals surface area contributed by atoms with E-state index < -0.39 is 0 Å². The largest absolute Gasteiger partial charge is 3.00 e. The van der Waals surface area contributed by atoms with Gasteiger partial charge in [0.1, 0.15) is 0 Å². The van der Waals surface area contributed by atoms with Crippen LogP contribution in [-0.2, 0) is 0 Å². The average molecular weight is 425 g/mol. The quantitative estimate of drug-likeness (QED) is 0.652. The molecule has 97 valence electrons. The smallest absolute Gasteiger partial charge is 1.00 e. The predicted molar refractivity (Wildman–Crippen MR) is 67.3 cm³/mol. The summed E-state index contributed by atoms with van der Waals surface area (Å²) < 4.78 is 0. The van der Waals surface area contributed by atoms with Crippen molar-refractivity contribution in [3.63, 3.8) is 0 Å². The number of hydrogen-bond donors (Lipinski definition) is 0. The molecule has 0 N–H and O–H groups in total. The second kappa shape index (κ2) is 16.8. The standard InChI is InChI=1S/2C6H14N.BrH.Nd/c2*1-5(2)7-6(3)4;;/h2*5-6H,1-4H3;1H;/q2*-1;;+3/p-1. The minimum atomic E-state index is 0. The predicted octanol–water partition coefficient (Wildman–Crippen LogP) is 1.36. The van der Waals surface area contributed by atoms with E-state index in [0.717, 1.165) is 0 Å². The monoisotopic (exact) mass is 421 g/mol. The fourth-order valence-electron chi connectivity index (χ4n) is 1.19. The van der Waals surface area contributed by atoms with E-state index in [1.165, 1.54) is 0 Å². The Kier molecular flexibility index (Phi) is 27.6. The molecule has 0 saturated carbocycles. The van der Waals surface area contributed by atoms with Crippen molar-refractivity contribution in [3.05, 3.63) is 10.6 Å². The molecular weight excluding hydrogens is 396 g/mol. The molecule has 4 heteroatoms. The van der Waals surface area contributed by atoms with Gasteiger partial charge in [-0.25, -0.2) is 0 Å². The third kappa shape index (κ3) is 36.0. The first-order chi connectivity index (χ1) is 6.25. The molecule has 1 radical (unpaired) electrons. The van der Waals surface area contributed by atoms with Crippen molar-refractivity contribution < 1.29 is 57.8 Å². The molecule has 0 aliphatic heterocycles. The summed E-state index contributed by atoms with van der Waals surface area (Å²) in [4.78, 5) is 0. The molecule has 0 unspecified atom stereocenters. The van der Waals surface area contributed by atoms with E-state index in [-0.39, 0.29) is 57.8 Å². The van der Waals surface area contributed by atoms with Gasteiger partial charge in [0.25, 0.3) is 0 Å². The molecule has 0 atom stereocenters. The zero-order valence-electron chi connectivity index (χ0n) is 12.1. The third-order valence-corrected chi connectivity index (χ3v) is 1.19. The van der Waals surface area contributed by atoms with Crippen LogP contribution < -0.4 is 17.0 Å². The Morgan fingerprint density at radius 2 is 0.625 bits per heavy atom. The Morgan fingerprint density at radius 1 is 0.500 bits per heavy atom. The first-order valence-corrected chi connectivity index (χ1v) is 5.65. The summed E-state index contributed by atoms with van der Waals surface area (Å²) in [6.07, 6.45) is 0. The first kappa shape index (κ1) is 26.3. The second-order valence-electron chi connectivity index (χ2n) is 4.67. The van der Waals surface area contributed by atoms with Crippen LogP contribution in [0.15, 0.2) is 0 Å². The third-order valence-electron chi connectivity index (χ3n) is 1.19. The number of rotatable bonds is 4. The van der Waals surface area contributed by atoms with Crippen LogP contribution in [0.2, 0.25) is 0 Å². The summed E-state index contributed by atoms with van der Waals surface area (Å²) in [5, 5.41) is 8.56. The van der Waals surface area contributed by atoms with E-state index in [4.69, 9.17) is 0 Å². The summed E-state index contributed by atoms with van der Waals surface area (Å²) >= 11 is 0. The van der Waals surface area contributed by atoms with Crippen molar-refractivity contribution in [1.29, 1.82) is 0 Å². The van der Waals surface area contributed by atoms with Crippen LogP contribution in [0, 0.1) is 40.8 Å². The van der Waals surface area contributed by atoms with Crippen molar-refractivity contribution >= 4 is 0 Å². The van der Waals surface area contributed by atoms with Crippen LogP contribution in [0.4, 0.5) is 0 Å². The Morgan fingerprint density at radius 3 is 0.625 bits per heavy atom. The fourth-order valence-corrected chi connectivity index (χ4v) is 1.19. The van der Waals surface area contributed by atoms with E-state index in [0.29, 0.717) is 24.2 Å². The molecule has 0 aromatic rings. The molecule has 16 heavy (non-hydrogen) atoms. The van der Waals surface area contributed by atoms with Gasteiger partial charge in [0.15, 0.2) is 0 Å². The van der Waals surface area contributed by atoms with Gasteiger partial charge in [-0.3, -0.25) is 0 Å². The van der Waals surface area contributed by atoms with Crippen LogP contribution in [0.3, 0.4) is 0 Å². The maximum atomic E-state index is 4.28. The molecule has 0 heterocycles. The van der Waals surface area contributed by atoms with E-state index in [9.17, 15) is 0 Å². The van der Waals surface area contributed by atoms with Gasteiger partial charge in [-0.05, 0) is 0 Å². The van der Waals surface area contributed by atoms with Gasteiger partial charge in [-0.1, -0.05) is 55.4 Å². The Hall–Kier alpha value is 1.75. The molecule has 0 aliphatic carbocycles. The van der Waals surface area contributed by atoms with E-state index in [1.807, 2.05) is 0 Å². The Labute approximate surface area is 146 Å². The molecule has 2 nitrogen and oxygen atoms in total. The molecule has 0 amide bonds. The molecule has 0 bridgehead atoms. The molecule has 0 saturated heterocycles. The molecule has 0 spiro atoms. The molecular formula is C12H28BrN2Nd. The minimum Gasteiger partial charge on any atom is -1.00 e. The molecule has 0 aromatic heterocycles. The van der Waals surface area contributed by atoms with E-state index >= 15 is 0 Å². The zero-order chi connectivity index (χ0) is 11.7. The maximum Gasteiger partial charge on any atom is 3.00 e. The number of nitrogens with zero attached hydrogens (tertiary/aromatic N) is 2. The number of hydrogen-bond acceptors (Lipinski definition) is 0. The maximum absolute atomic E-state index is 4.28. The van der Waals surface area contributed by atoms with E-state index in [2.05, 4.69) is 66.0 Å². The fraction of sp³-hybridized carbons (Fsp3) is 1.00. The second-order valence-corrected chi connectivity index (χ2v) is 4.67. The Bertz CT molecular complexity index is 91.6. The average Bonchev–Trinajstić information content (AvgIpc) is 1.79. The summed E-state index contributed by atoms with van der Waals surface area (Å²) in [6, 6.07) is 2.00. The van der Waals surface area contributed by atoms with Gasteiger partial charge < -0.3 is 27.6 Å². The van der Waals surface area contributed by atoms with Crippen molar-refractivity contribution in [1.82, 2.24) is 0 Å². The van der Waals surface area contributed by atoms with Gasteiger partial charge in [-0.15, -0.1) is 24.2 Å². The summed E-state index contributed by atoms with van der Waals surface area (Å²) in [5.41, 5.74) is 0. The van der Waals surface area contributed by atoms with Crippen molar-refractivity contribution in [2.24, 2.45) is 0 Å². The van der Waals surface area contributed by atoms with Crippen LogP contribution in [0.1, 0.15) is 55.4 Å². The van der Waals surface area contributed by atoms with Gasteiger partial charge in [-0.2, -0.15) is 0 Å². The summed E-state index contributed by atoms with van der Waals surface area (Å²) in [5.74, 6) is 0. The minimum absolute atomic E-state index is 0. The van der Waals surface area contributed by atoms with Crippen molar-refractivity contribution in [2.75, 3.05) is 0 Å². The molecule has 0 rings (SSSR count). The van der Waals surface area contributed by atoms with Crippen LogP contribution in [-0.4, -0.2) is 24.2 Å². The zero-order valence-corrected chi connectivity index (χ0v) is 16.9. The molecule has 0 fully saturated rings. The topological polar surface area (TPSA) is 28.2 Å². The van der Waals surface area contributed by atoms with Gasteiger partial charge in [0, 0.05) is 0 Å². The van der Waals surface area contributed by atoms with Crippen LogP contribution in [0.5, 0.6) is 0 Å². The van der Waals surface area contributed by atoms with Gasteiger partial charge in [0.05, 0.1) is 0 Å². The van der Waals surface area contributed by atoms with E-state index in [1.54, 1.807) is 0 Å². The normalized spacial score (nSPS) is 9.75. The van der Waals surface area contributed by atoms with Gasteiger partial charge in [0.2, 0.25) is 0 Å². The van der Waals surface area contributed by atoms with Gasteiger partial charge >= 0.3 is 40.8 Å². The Balaban J connectivity index is -0.0000000800. The van der Waals surface area contributed by atoms with Crippen molar-refractivity contribution in [2.45, 2.75) is 79.6 Å². The van der Waals surface area contributed by atoms with Crippen molar-refractivity contribution in [3.8, 4) is 0 Å². The SMILES string of the molecule is CC(C)[N-]C(C)C.CC(C)[N-]C(C)C.[Br-].[Nd+3]. The molecule has 0 aliphatic rings. The number of halogens is 1. The summed E-state index contributed by atoms with van der Waals surface area (Å²) in [6.45, 7) is 16.8. The summed E-state index contributed by atoms with van der Waals surface area (Å²) in [7, 11) is 0. The molecule has 0 aromatic carbocycles. The van der Waals surface area contributed by atoms with Crippen LogP contribution in [0.25, 0.3) is 10.6 Å². The first-order valence-electron chi connectivity index (χ1n) is 5.65.